The van der Waals surface area contributed by atoms with Gasteiger partial charge < -0.3 is 10.1 Å². The predicted octanol–water partition coefficient (Wildman–Crippen LogP) is 3.34. The average Bonchev–Trinajstić information content (AvgIpc) is 3.17. The largest absolute Gasteiger partial charge is 0.496 e. The zero-order valence-corrected chi connectivity index (χ0v) is 17.7. The lowest BCUT2D eigenvalue weighted by atomic mass is 10.0. The molecule has 0 aliphatic heterocycles. The number of ether oxygens (including phenoxy) is 1. The third-order valence-electron chi connectivity index (χ3n) is 4.27. The van der Waals surface area contributed by atoms with E-state index in [1.807, 2.05) is 32.0 Å². The van der Waals surface area contributed by atoms with Crippen LogP contribution in [0.3, 0.4) is 0 Å². The molecule has 0 radical (unpaired) electrons. The molecule has 0 bridgehead atoms. The first-order valence-corrected chi connectivity index (χ1v) is 11.0. The molecule has 0 saturated carbocycles. The Morgan fingerprint density at radius 2 is 2.07 bits per heavy atom. The molecule has 2 aromatic rings. The van der Waals surface area contributed by atoms with Crippen LogP contribution in [0.1, 0.15) is 36.9 Å². The standard InChI is InChI=1S/C19H26N2O4S2/c1-14-9-10-17(25-4)16(13-14)15(2)20-18(22)7-5-11-21(3)27(23,24)19-8-6-12-26-19/h6,8-10,12-13,15H,5,7,11H2,1-4H3,(H,20,22). The Morgan fingerprint density at radius 3 is 2.70 bits per heavy atom. The van der Waals surface area contributed by atoms with Crippen molar-refractivity contribution in [2.24, 2.45) is 0 Å². The Morgan fingerprint density at radius 1 is 1.33 bits per heavy atom. The minimum atomic E-state index is -3.47. The molecular weight excluding hydrogens is 384 g/mol. The van der Waals surface area contributed by atoms with Gasteiger partial charge in [-0.1, -0.05) is 23.8 Å². The highest BCUT2D eigenvalue weighted by Gasteiger charge is 2.21. The SMILES string of the molecule is COc1ccc(C)cc1C(C)NC(=O)CCCN(C)S(=O)(=O)c1cccs1. The Kier molecular flexibility index (Phi) is 7.41. The van der Waals surface area contributed by atoms with Crippen LogP contribution in [0.5, 0.6) is 5.75 Å². The maximum Gasteiger partial charge on any atom is 0.252 e. The molecule has 0 aliphatic carbocycles. The van der Waals surface area contributed by atoms with Gasteiger partial charge in [0.15, 0.2) is 0 Å². The van der Waals surface area contributed by atoms with Crippen LogP contribution in [0, 0.1) is 6.92 Å². The first-order valence-electron chi connectivity index (χ1n) is 8.69. The second-order valence-corrected chi connectivity index (χ2v) is 9.62. The van der Waals surface area contributed by atoms with Crippen LogP contribution in [-0.2, 0) is 14.8 Å². The minimum absolute atomic E-state index is 0.118. The molecule has 1 aromatic carbocycles. The lowest BCUT2D eigenvalue weighted by Crippen LogP contribution is -2.30. The third kappa shape index (κ3) is 5.54. The molecular formula is C19H26N2O4S2. The van der Waals surface area contributed by atoms with Crippen molar-refractivity contribution < 1.29 is 17.9 Å². The molecule has 0 fully saturated rings. The van der Waals surface area contributed by atoms with E-state index in [4.69, 9.17) is 4.74 Å². The predicted molar refractivity (Wildman–Crippen MR) is 108 cm³/mol. The average molecular weight is 411 g/mol. The zero-order chi connectivity index (χ0) is 20.0. The summed E-state index contributed by atoms with van der Waals surface area (Å²) in [5, 5.41) is 4.68. The Hall–Kier alpha value is -1.90. The van der Waals surface area contributed by atoms with E-state index in [1.165, 1.54) is 22.7 Å². The summed E-state index contributed by atoms with van der Waals surface area (Å²) in [5.41, 5.74) is 2.01. The monoisotopic (exact) mass is 410 g/mol. The fourth-order valence-corrected chi connectivity index (χ4v) is 5.14. The van der Waals surface area contributed by atoms with Gasteiger partial charge in [-0.2, -0.15) is 0 Å². The highest BCUT2D eigenvalue weighted by molar-refractivity contribution is 7.91. The number of hydrogen-bond donors (Lipinski definition) is 1. The van der Waals surface area contributed by atoms with Crippen molar-refractivity contribution >= 4 is 27.3 Å². The van der Waals surface area contributed by atoms with Gasteiger partial charge in [0.05, 0.1) is 13.2 Å². The fraction of sp³-hybridized carbons (Fsp3) is 0.421. The van der Waals surface area contributed by atoms with Gasteiger partial charge in [-0.05, 0) is 37.8 Å². The maximum atomic E-state index is 12.4. The Balaban J connectivity index is 1.87. The van der Waals surface area contributed by atoms with Crippen molar-refractivity contribution in [2.45, 2.75) is 36.9 Å². The van der Waals surface area contributed by atoms with Gasteiger partial charge in [0.2, 0.25) is 5.91 Å². The van der Waals surface area contributed by atoms with Gasteiger partial charge in [-0.25, -0.2) is 12.7 Å². The van der Waals surface area contributed by atoms with Gasteiger partial charge in [0.1, 0.15) is 9.96 Å². The summed E-state index contributed by atoms with van der Waals surface area (Å²) in [6, 6.07) is 8.93. The van der Waals surface area contributed by atoms with Gasteiger partial charge in [-0.15, -0.1) is 11.3 Å². The first-order chi connectivity index (χ1) is 12.8. The van der Waals surface area contributed by atoms with Crippen LogP contribution < -0.4 is 10.1 Å². The van der Waals surface area contributed by atoms with E-state index in [-0.39, 0.29) is 24.9 Å². The summed E-state index contributed by atoms with van der Waals surface area (Å²) in [6.45, 7) is 4.18. The van der Waals surface area contributed by atoms with Gasteiger partial charge in [0.25, 0.3) is 10.0 Å². The molecule has 0 spiro atoms. The van der Waals surface area contributed by atoms with Crippen LogP contribution in [0.25, 0.3) is 0 Å². The van der Waals surface area contributed by atoms with Crippen molar-refractivity contribution in [1.82, 2.24) is 9.62 Å². The van der Waals surface area contributed by atoms with E-state index >= 15 is 0 Å². The normalized spacial score (nSPS) is 12.8. The van der Waals surface area contributed by atoms with Gasteiger partial charge in [-0.3, -0.25) is 4.79 Å². The summed E-state index contributed by atoms with van der Waals surface area (Å²) < 4.78 is 31.7. The van der Waals surface area contributed by atoms with E-state index in [0.717, 1.165) is 16.9 Å². The smallest absolute Gasteiger partial charge is 0.252 e. The van der Waals surface area contributed by atoms with Crippen LogP contribution in [0.2, 0.25) is 0 Å². The molecule has 0 aliphatic rings. The Labute approximate surface area is 165 Å². The van der Waals surface area contributed by atoms with E-state index in [1.54, 1.807) is 24.6 Å². The number of thiophene rings is 1. The van der Waals surface area contributed by atoms with Crippen LogP contribution >= 0.6 is 11.3 Å². The lowest BCUT2D eigenvalue weighted by Gasteiger charge is -2.19. The van der Waals surface area contributed by atoms with Crippen molar-refractivity contribution in [2.75, 3.05) is 20.7 Å². The molecule has 1 heterocycles. The number of sulfonamides is 1. The second kappa shape index (κ2) is 9.34. The van der Waals surface area contributed by atoms with E-state index < -0.39 is 10.0 Å². The molecule has 148 valence electrons. The molecule has 6 nitrogen and oxygen atoms in total. The summed E-state index contributed by atoms with van der Waals surface area (Å²) in [5.74, 6) is 0.614. The summed E-state index contributed by atoms with van der Waals surface area (Å²) in [4.78, 5) is 12.3. The zero-order valence-electron chi connectivity index (χ0n) is 16.1. The Bertz CT molecular complexity index is 864. The van der Waals surface area contributed by atoms with Crippen molar-refractivity contribution in [3.8, 4) is 5.75 Å². The van der Waals surface area contributed by atoms with Crippen molar-refractivity contribution in [3.63, 3.8) is 0 Å². The number of nitrogens with zero attached hydrogens (tertiary/aromatic N) is 1. The highest BCUT2D eigenvalue weighted by Crippen LogP contribution is 2.26. The van der Waals surface area contributed by atoms with Crippen molar-refractivity contribution in [1.29, 1.82) is 0 Å². The lowest BCUT2D eigenvalue weighted by molar-refractivity contribution is -0.121. The number of carbonyl (C=O) groups is 1. The molecule has 0 saturated heterocycles. The summed E-state index contributed by atoms with van der Waals surface area (Å²) in [6.07, 6.45) is 0.702. The number of benzene rings is 1. The summed E-state index contributed by atoms with van der Waals surface area (Å²) in [7, 11) is -0.331. The number of nitrogens with one attached hydrogen (secondary N) is 1. The molecule has 27 heavy (non-hydrogen) atoms. The number of aryl methyl sites for hydroxylation is 1. The second-order valence-electron chi connectivity index (χ2n) is 6.40. The van der Waals surface area contributed by atoms with Gasteiger partial charge in [0, 0.05) is 25.6 Å². The molecule has 1 atom stereocenters. The van der Waals surface area contributed by atoms with E-state index in [9.17, 15) is 13.2 Å². The fourth-order valence-electron chi connectivity index (χ4n) is 2.73. The van der Waals surface area contributed by atoms with Crippen LogP contribution in [-0.4, -0.2) is 39.3 Å². The molecule has 1 amide bonds. The number of methoxy groups -OCH3 is 1. The van der Waals surface area contributed by atoms with E-state index in [0.29, 0.717) is 10.6 Å². The minimum Gasteiger partial charge on any atom is -0.496 e. The summed E-state index contributed by atoms with van der Waals surface area (Å²) >= 11 is 1.19. The van der Waals surface area contributed by atoms with Crippen LogP contribution in [0.4, 0.5) is 0 Å². The maximum absolute atomic E-state index is 12.4. The molecule has 2 rings (SSSR count). The molecule has 1 N–H and O–H groups in total. The number of hydrogen-bond acceptors (Lipinski definition) is 5. The van der Waals surface area contributed by atoms with Gasteiger partial charge >= 0.3 is 0 Å². The molecule has 1 unspecified atom stereocenters. The third-order valence-corrected chi connectivity index (χ3v) is 7.50. The topological polar surface area (TPSA) is 75.7 Å². The van der Waals surface area contributed by atoms with E-state index in [2.05, 4.69) is 5.32 Å². The van der Waals surface area contributed by atoms with Crippen LogP contribution in [0.15, 0.2) is 39.9 Å². The highest BCUT2D eigenvalue weighted by atomic mass is 32.2. The number of amides is 1. The molecule has 1 aromatic heterocycles. The number of carbonyl (C=O) groups excluding carboxylic acids is 1. The van der Waals surface area contributed by atoms with Crippen molar-refractivity contribution in [3.05, 3.63) is 46.8 Å². The number of rotatable bonds is 9. The molecule has 8 heteroatoms. The first kappa shape index (κ1) is 21.4. The quantitative estimate of drug-likeness (QED) is 0.688.